The van der Waals surface area contributed by atoms with Crippen LogP contribution in [0.3, 0.4) is 0 Å². The van der Waals surface area contributed by atoms with Gasteiger partial charge < -0.3 is 0 Å². The summed E-state index contributed by atoms with van der Waals surface area (Å²) in [6, 6.07) is 16.3. The molecule has 0 saturated carbocycles. The van der Waals surface area contributed by atoms with Gasteiger partial charge in [0.1, 0.15) is 0 Å². The normalized spacial score (nSPS) is 10.3. The lowest BCUT2D eigenvalue weighted by Crippen LogP contribution is -1.92. The van der Waals surface area contributed by atoms with Crippen molar-refractivity contribution < 1.29 is 0 Å². The maximum Gasteiger partial charge on any atom is 0.0432 e. The minimum atomic E-state index is 0.542. The van der Waals surface area contributed by atoms with E-state index in [4.69, 9.17) is 0 Å². The van der Waals surface area contributed by atoms with Crippen LogP contribution < -0.4 is 0 Å². The molecular formula is C26H37N3. The van der Waals surface area contributed by atoms with E-state index in [0.29, 0.717) is 17.8 Å². The first kappa shape index (κ1) is 24.5. The zero-order valence-electron chi connectivity index (χ0n) is 19.3. The summed E-state index contributed by atoms with van der Waals surface area (Å²) in [4.78, 5) is 12.8. The maximum atomic E-state index is 4.37. The van der Waals surface area contributed by atoms with Gasteiger partial charge in [0.2, 0.25) is 0 Å². The molecule has 0 N–H and O–H groups in total. The molecule has 3 nitrogen and oxygen atoms in total. The van der Waals surface area contributed by atoms with Gasteiger partial charge in [-0.15, -0.1) is 0 Å². The van der Waals surface area contributed by atoms with E-state index in [1.165, 1.54) is 17.0 Å². The Bertz CT molecular complexity index is 775. The average molecular weight is 392 g/mol. The van der Waals surface area contributed by atoms with Crippen LogP contribution in [0.15, 0.2) is 60.9 Å². The lowest BCUT2D eigenvalue weighted by atomic mass is 10.1. The van der Waals surface area contributed by atoms with Gasteiger partial charge in [-0.3, -0.25) is 15.0 Å². The summed E-state index contributed by atoms with van der Waals surface area (Å²) < 4.78 is 0. The van der Waals surface area contributed by atoms with Crippen LogP contribution in [-0.2, 0) is 0 Å². The predicted octanol–water partition coefficient (Wildman–Crippen LogP) is 7.23. The van der Waals surface area contributed by atoms with Crippen molar-refractivity contribution in [2.24, 2.45) is 0 Å². The molecule has 0 atom stereocenters. The summed E-state index contributed by atoms with van der Waals surface area (Å²) in [5.74, 6) is 1.63. The fourth-order valence-electron chi connectivity index (χ4n) is 2.48. The van der Waals surface area contributed by atoms with Crippen LogP contribution in [0.1, 0.15) is 87.6 Å². The number of aromatic nitrogens is 3. The highest BCUT2D eigenvalue weighted by Gasteiger charge is 1.99. The van der Waals surface area contributed by atoms with Crippen LogP contribution in [0.5, 0.6) is 0 Å². The van der Waals surface area contributed by atoms with E-state index in [-0.39, 0.29) is 0 Å². The highest BCUT2D eigenvalue weighted by Crippen LogP contribution is 2.12. The van der Waals surface area contributed by atoms with Crippen LogP contribution in [0.25, 0.3) is 0 Å². The van der Waals surface area contributed by atoms with Crippen LogP contribution >= 0.6 is 0 Å². The Hall–Kier alpha value is -2.55. The number of nitrogens with zero attached hydrogens (tertiary/aromatic N) is 3. The summed E-state index contributed by atoms with van der Waals surface area (Å²) in [7, 11) is 0. The van der Waals surface area contributed by atoms with Gasteiger partial charge in [-0.25, -0.2) is 0 Å². The molecule has 0 aromatic carbocycles. The van der Waals surface area contributed by atoms with Crippen LogP contribution in [0, 0.1) is 13.8 Å². The molecule has 0 unspecified atom stereocenters. The van der Waals surface area contributed by atoms with Gasteiger partial charge in [0.05, 0.1) is 0 Å². The van der Waals surface area contributed by atoms with Crippen molar-refractivity contribution in [2.75, 3.05) is 0 Å². The lowest BCUT2D eigenvalue weighted by Gasteiger charge is -2.03. The van der Waals surface area contributed by atoms with E-state index < -0.39 is 0 Å². The number of aryl methyl sites for hydroxylation is 2. The molecule has 3 aromatic rings. The monoisotopic (exact) mass is 391 g/mol. The Morgan fingerprint density at radius 2 is 1.17 bits per heavy atom. The van der Waals surface area contributed by atoms with Crippen molar-refractivity contribution in [1.82, 2.24) is 15.0 Å². The van der Waals surface area contributed by atoms with Gasteiger partial charge in [-0.05, 0) is 73.6 Å². The molecule has 0 aliphatic carbocycles. The molecule has 3 heterocycles. The van der Waals surface area contributed by atoms with E-state index in [1.54, 1.807) is 0 Å². The van der Waals surface area contributed by atoms with Crippen molar-refractivity contribution in [3.05, 3.63) is 89.3 Å². The van der Waals surface area contributed by atoms with Gasteiger partial charge in [0.15, 0.2) is 0 Å². The zero-order chi connectivity index (χ0) is 21.8. The van der Waals surface area contributed by atoms with Crippen molar-refractivity contribution in [3.8, 4) is 0 Å². The number of pyridine rings is 3. The molecule has 3 aromatic heterocycles. The quantitative estimate of drug-likeness (QED) is 0.472. The summed E-state index contributed by atoms with van der Waals surface area (Å²) >= 11 is 0. The van der Waals surface area contributed by atoms with E-state index in [0.717, 1.165) is 11.4 Å². The Morgan fingerprint density at radius 3 is 1.55 bits per heavy atom. The first-order valence-electron chi connectivity index (χ1n) is 10.5. The Kier molecular flexibility index (Phi) is 10.8. The van der Waals surface area contributed by atoms with Crippen LogP contribution in [0.2, 0.25) is 0 Å². The average Bonchev–Trinajstić information content (AvgIpc) is 2.69. The minimum absolute atomic E-state index is 0.542. The van der Waals surface area contributed by atoms with E-state index >= 15 is 0 Å². The van der Waals surface area contributed by atoms with Crippen LogP contribution in [0.4, 0.5) is 0 Å². The number of hydrogen-bond donors (Lipinski definition) is 0. The third kappa shape index (κ3) is 9.98. The predicted molar refractivity (Wildman–Crippen MR) is 124 cm³/mol. The van der Waals surface area contributed by atoms with Crippen molar-refractivity contribution >= 4 is 0 Å². The van der Waals surface area contributed by atoms with Gasteiger partial charge in [-0.1, -0.05) is 53.7 Å². The SMILES string of the molecule is CC(C)c1ccccn1.Cc1cccc(C(C)C)n1.Cc1ccnc(C(C)C)c1. The molecule has 0 aliphatic rings. The minimum Gasteiger partial charge on any atom is -0.261 e. The van der Waals surface area contributed by atoms with E-state index in [1.807, 2.05) is 49.6 Å². The summed E-state index contributed by atoms with van der Waals surface area (Å²) in [5, 5.41) is 0. The van der Waals surface area contributed by atoms with Crippen molar-refractivity contribution in [1.29, 1.82) is 0 Å². The highest BCUT2D eigenvalue weighted by molar-refractivity contribution is 5.16. The molecule has 0 amide bonds. The third-order valence-corrected chi connectivity index (χ3v) is 4.31. The van der Waals surface area contributed by atoms with Gasteiger partial charge in [0.25, 0.3) is 0 Å². The molecule has 0 fully saturated rings. The van der Waals surface area contributed by atoms with Gasteiger partial charge in [-0.2, -0.15) is 0 Å². The third-order valence-electron chi connectivity index (χ3n) is 4.31. The van der Waals surface area contributed by atoms with E-state index in [2.05, 4.69) is 81.6 Å². The maximum absolute atomic E-state index is 4.37. The lowest BCUT2D eigenvalue weighted by molar-refractivity contribution is 0.815. The second-order valence-corrected chi connectivity index (χ2v) is 8.18. The fraction of sp³-hybridized carbons (Fsp3) is 0.423. The highest BCUT2D eigenvalue weighted by atomic mass is 14.7. The first-order valence-corrected chi connectivity index (χ1v) is 10.5. The van der Waals surface area contributed by atoms with Crippen molar-refractivity contribution in [3.63, 3.8) is 0 Å². The number of hydrogen-bond acceptors (Lipinski definition) is 3. The zero-order valence-corrected chi connectivity index (χ0v) is 19.3. The number of rotatable bonds is 3. The standard InChI is InChI=1S/2C9H13N.C8H11N/c1-7(2)9-6-8(3)4-5-10-9;1-7(2)9-6-4-5-8(3)10-9;1-7(2)8-5-3-4-6-9-8/h2*4-7H,1-3H3;3-7H,1-2H3. The Balaban J connectivity index is 0.000000218. The first-order chi connectivity index (χ1) is 13.7. The van der Waals surface area contributed by atoms with Crippen LogP contribution in [-0.4, -0.2) is 15.0 Å². The summed E-state index contributed by atoms with van der Waals surface area (Å²) in [5.41, 5.74) is 5.92. The molecule has 3 rings (SSSR count). The molecule has 156 valence electrons. The van der Waals surface area contributed by atoms with E-state index in [9.17, 15) is 0 Å². The fourth-order valence-corrected chi connectivity index (χ4v) is 2.48. The Labute approximate surface area is 177 Å². The molecule has 29 heavy (non-hydrogen) atoms. The molecule has 0 spiro atoms. The summed E-state index contributed by atoms with van der Waals surface area (Å²) in [6.45, 7) is 17.0. The molecule has 3 heteroatoms. The summed E-state index contributed by atoms with van der Waals surface area (Å²) in [6.07, 6.45) is 3.69. The van der Waals surface area contributed by atoms with Crippen molar-refractivity contribution in [2.45, 2.75) is 73.1 Å². The topological polar surface area (TPSA) is 38.7 Å². The molecule has 0 bridgehead atoms. The van der Waals surface area contributed by atoms with Gasteiger partial charge in [0, 0.05) is 35.2 Å². The molecule has 0 radical (unpaired) electrons. The molecule has 0 saturated heterocycles. The molecular weight excluding hydrogens is 354 g/mol. The molecule has 0 aliphatic heterocycles. The largest absolute Gasteiger partial charge is 0.261 e. The van der Waals surface area contributed by atoms with Gasteiger partial charge >= 0.3 is 0 Å². The second kappa shape index (κ2) is 12.8. The smallest absolute Gasteiger partial charge is 0.0432 e. The Morgan fingerprint density at radius 1 is 0.586 bits per heavy atom. The second-order valence-electron chi connectivity index (χ2n) is 8.18.